The van der Waals surface area contributed by atoms with Gasteiger partial charge in [0.25, 0.3) is 5.91 Å². The van der Waals surface area contributed by atoms with Crippen LogP contribution in [0.4, 0.5) is 0 Å². The molecule has 0 atom stereocenters. The Morgan fingerprint density at radius 2 is 1.78 bits per heavy atom. The summed E-state index contributed by atoms with van der Waals surface area (Å²) in [4.78, 5) is 16.3. The van der Waals surface area contributed by atoms with Crippen LogP contribution in [0.25, 0.3) is 0 Å². The summed E-state index contributed by atoms with van der Waals surface area (Å²) >= 11 is 0. The second-order valence-electron chi connectivity index (χ2n) is 5.93. The van der Waals surface area contributed by atoms with E-state index in [0.29, 0.717) is 18.0 Å². The van der Waals surface area contributed by atoms with Crippen molar-refractivity contribution in [2.75, 3.05) is 13.7 Å². The fourth-order valence-corrected chi connectivity index (χ4v) is 2.70. The van der Waals surface area contributed by atoms with Gasteiger partial charge in [-0.15, -0.1) is 0 Å². The zero-order valence-electron chi connectivity index (χ0n) is 15.1. The van der Waals surface area contributed by atoms with E-state index in [1.54, 1.807) is 18.3 Å². The number of methoxy groups -OCH3 is 1. The van der Waals surface area contributed by atoms with E-state index in [1.165, 1.54) is 18.2 Å². The third-order valence-corrected chi connectivity index (χ3v) is 4.08. The number of pyridine rings is 2. The monoisotopic (exact) mass is 427 g/mol. The SMILES string of the molecule is COc1ncccc1C(=O)NCCc1cc[n+](Cc2ccccc2)cc1.[Br-]. The van der Waals surface area contributed by atoms with Gasteiger partial charge in [0.2, 0.25) is 5.88 Å². The second-order valence-corrected chi connectivity index (χ2v) is 5.93. The largest absolute Gasteiger partial charge is 1.00 e. The van der Waals surface area contributed by atoms with E-state index in [9.17, 15) is 4.79 Å². The molecule has 0 saturated heterocycles. The Morgan fingerprint density at radius 3 is 2.48 bits per heavy atom. The highest BCUT2D eigenvalue weighted by Gasteiger charge is 2.12. The molecule has 0 saturated carbocycles. The molecule has 5 nitrogen and oxygen atoms in total. The molecular weight excluding hydrogens is 406 g/mol. The van der Waals surface area contributed by atoms with Crippen molar-refractivity contribution in [1.82, 2.24) is 10.3 Å². The van der Waals surface area contributed by atoms with Gasteiger partial charge in [-0.3, -0.25) is 4.79 Å². The quantitative estimate of drug-likeness (QED) is 0.512. The Bertz CT molecular complexity index is 855. The number of carbonyl (C=O) groups excluding carboxylic acids is 1. The summed E-state index contributed by atoms with van der Waals surface area (Å²) in [7, 11) is 1.51. The lowest BCUT2D eigenvalue weighted by molar-refractivity contribution is -0.688. The first kappa shape index (κ1) is 20.6. The van der Waals surface area contributed by atoms with Crippen LogP contribution in [0.3, 0.4) is 0 Å². The lowest BCUT2D eigenvalue weighted by Crippen LogP contribution is -3.00. The van der Waals surface area contributed by atoms with E-state index in [4.69, 9.17) is 4.74 Å². The topological polar surface area (TPSA) is 55.1 Å². The van der Waals surface area contributed by atoms with Crippen LogP contribution in [0.5, 0.6) is 5.88 Å². The van der Waals surface area contributed by atoms with Crippen molar-refractivity contribution in [1.29, 1.82) is 0 Å². The van der Waals surface area contributed by atoms with E-state index in [1.807, 2.05) is 18.2 Å². The van der Waals surface area contributed by atoms with Gasteiger partial charge in [-0.05, 0) is 24.1 Å². The molecule has 0 fully saturated rings. The first-order valence-corrected chi connectivity index (χ1v) is 8.55. The molecule has 0 bridgehead atoms. The fraction of sp³-hybridized carbons (Fsp3) is 0.190. The smallest absolute Gasteiger partial charge is 0.256 e. The summed E-state index contributed by atoms with van der Waals surface area (Å²) in [5, 5.41) is 2.91. The zero-order chi connectivity index (χ0) is 18.2. The number of amides is 1. The number of ether oxygens (including phenoxy) is 1. The van der Waals surface area contributed by atoms with Crippen LogP contribution >= 0.6 is 0 Å². The molecule has 0 spiro atoms. The maximum atomic E-state index is 12.2. The zero-order valence-corrected chi connectivity index (χ0v) is 16.7. The Morgan fingerprint density at radius 1 is 1.04 bits per heavy atom. The molecule has 27 heavy (non-hydrogen) atoms. The molecular formula is C21H22BrN3O2. The van der Waals surface area contributed by atoms with Crippen molar-refractivity contribution in [2.45, 2.75) is 13.0 Å². The van der Waals surface area contributed by atoms with Gasteiger partial charge in [-0.25, -0.2) is 9.55 Å². The minimum Gasteiger partial charge on any atom is -1.00 e. The van der Waals surface area contributed by atoms with Crippen LogP contribution in [0.2, 0.25) is 0 Å². The summed E-state index contributed by atoms with van der Waals surface area (Å²) in [6, 6.07) is 17.9. The van der Waals surface area contributed by atoms with Gasteiger partial charge >= 0.3 is 0 Å². The molecule has 0 unspecified atom stereocenters. The van der Waals surface area contributed by atoms with E-state index in [0.717, 1.165) is 13.0 Å². The van der Waals surface area contributed by atoms with Crippen LogP contribution in [-0.2, 0) is 13.0 Å². The molecule has 3 aromatic rings. The fourth-order valence-electron chi connectivity index (χ4n) is 2.70. The number of hydrogen-bond acceptors (Lipinski definition) is 3. The molecule has 1 amide bonds. The molecule has 0 aliphatic rings. The molecule has 0 radical (unpaired) electrons. The number of benzene rings is 1. The standard InChI is InChI=1S/C21H21N3O2.BrH/c1-26-21-19(8-5-12-23-21)20(25)22-13-9-17-10-14-24(15-11-17)16-18-6-3-2-4-7-18;/h2-8,10-12,14-15H,9,13,16H2,1H3;1H. The minimum atomic E-state index is -0.176. The Balaban J connectivity index is 0.00000261. The predicted molar refractivity (Wildman–Crippen MR) is 99.0 cm³/mol. The van der Waals surface area contributed by atoms with Crippen LogP contribution in [0.15, 0.2) is 73.2 Å². The van der Waals surface area contributed by atoms with Gasteiger partial charge in [0, 0.05) is 30.4 Å². The number of halogens is 1. The van der Waals surface area contributed by atoms with Gasteiger partial charge in [-0.2, -0.15) is 0 Å². The van der Waals surface area contributed by atoms with Gasteiger partial charge in [0.15, 0.2) is 18.9 Å². The van der Waals surface area contributed by atoms with E-state index < -0.39 is 0 Å². The number of hydrogen-bond donors (Lipinski definition) is 1. The van der Waals surface area contributed by atoms with Crippen molar-refractivity contribution < 1.29 is 31.1 Å². The van der Waals surface area contributed by atoms with Crippen LogP contribution in [0.1, 0.15) is 21.5 Å². The summed E-state index contributed by atoms with van der Waals surface area (Å²) < 4.78 is 7.26. The maximum Gasteiger partial charge on any atom is 0.256 e. The average molecular weight is 428 g/mol. The highest BCUT2D eigenvalue weighted by atomic mass is 79.9. The van der Waals surface area contributed by atoms with E-state index in [2.05, 4.69) is 51.5 Å². The first-order valence-electron chi connectivity index (χ1n) is 8.55. The number of aromatic nitrogens is 2. The van der Waals surface area contributed by atoms with Crippen LogP contribution in [0, 0.1) is 0 Å². The van der Waals surface area contributed by atoms with Crippen molar-refractivity contribution in [2.24, 2.45) is 0 Å². The number of carbonyl (C=O) groups is 1. The third kappa shape index (κ3) is 5.89. The molecule has 0 aliphatic heterocycles. The first-order chi connectivity index (χ1) is 12.8. The Hall–Kier alpha value is -2.73. The van der Waals surface area contributed by atoms with E-state index >= 15 is 0 Å². The van der Waals surface area contributed by atoms with Crippen LogP contribution < -0.4 is 31.6 Å². The molecule has 3 rings (SSSR count). The number of nitrogens with zero attached hydrogens (tertiary/aromatic N) is 2. The lowest BCUT2D eigenvalue weighted by atomic mass is 10.2. The predicted octanol–water partition coefficient (Wildman–Crippen LogP) is -0.597. The van der Waals surface area contributed by atoms with E-state index in [-0.39, 0.29) is 22.9 Å². The molecule has 6 heteroatoms. The Labute approximate surface area is 169 Å². The molecule has 1 N–H and O–H groups in total. The molecule has 1 aromatic carbocycles. The lowest BCUT2D eigenvalue weighted by Gasteiger charge is -2.08. The van der Waals surface area contributed by atoms with Gasteiger partial charge in [0.1, 0.15) is 5.56 Å². The van der Waals surface area contributed by atoms with Crippen molar-refractivity contribution in [3.05, 3.63) is 89.9 Å². The third-order valence-electron chi connectivity index (χ3n) is 4.08. The Kier molecular flexibility index (Phi) is 7.95. The van der Waals surface area contributed by atoms with Gasteiger partial charge in [-0.1, -0.05) is 30.3 Å². The second kappa shape index (κ2) is 10.4. The van der Waals surface area contributed by atoms with Crippen molar-refractivity contribution >= 4 is 5.91 Å². The van der Waals surface area contributed by atoms with Gasteiger partial charge < -0.3 is 27.0 Å². The highest BCUT2D eigenvalue weighted by Crippen LogP contribution is 2.12. The van der Waals surface area contributed by atoms with Crippen molar-refractivity contribution in [3.63, 3.8) is 0 Å². The molecule has 0 aliphatic carbocycles. The summed E-state index contributed by atoms with van der Waals surface area (Å²) in [5.41, 5.74) is 2.89. The minimum absolute atomic E-state index is 0. The average Bonchev–Trinajstić information content (AvgIpc) is 2.70. The maximum absolute atomic E-state index is 12.2. The molecule has 2 heterocycles. The summed E-state index contributed by atoms with van der Waals surface area (Å²) in [6.45, 7) is 1.40. The summed E-state index contributed by atoms with van der Waals surface area (Å²) in [6.07, 6.45) is 6.49. The number of nitrogens with one attached hydrogen (secondary N) is 1. The van der Waals surface area contributed by atoms with Gasteiger partial charge in [0.05, 0.1) is 7.11 Å². The molecule has 2 aromatic heterocycles. The highest BCUT2D eigenvalue weighted by molar-refractivity contribution is 5.96. The van der Waals surface area contributed by atoms with Crippen molar-refractivity contribution in [3.8, 4) is 5.88 Å². The normalized spacial score (nSPS) is 9.96. The van der Waals surface area contributed by atoms with Crippen LogP contribution in [-0.4, -0.2) is 24.5 Å². The molecule has 140 valence electrons. The summed E-state index contributed by atoms with van der Waals surface area (Å²) in [5.74, 6) is 0.164. The number of rotatable bonds is 7.